The van der Waals surface area contributed by atoms with Crippen molar-refractivity contribution >= 4 is 16.8 Å². The van der Waals surface area contributed by atoms with Gasteiger partial charge >= 0.3 is 0 Å². The quantitative estimate of drug-likeness (QED) is 0.747. The number of likely N-dealkylation sites (tertiary alicyclic amines) is 1. The first kappa shape index (κ1) is 18.3. The van der Waals surface area contributed by atoms with Crippen LogP contribution in [0.25, 0.3) is 10.9 Å². The Bertz CT molecular complexity index is 987. The highest BCUT2D eigenvalue weighted by Crippen LogP contribution is 2.28. The molecule has 150 valence electrons. The van der Waals surface area contributed by atoms with Crippen molar-refractivity contribution in [1.29, 1.82) is 0 Å². The Morgan fingerprint density at radius 3 is 3.07 bits per heavy atom. The Kier molecular flexibility index (Phi) is 5.04. The summed E-state index contributed by atoms with van der Waals surface area (Å²) in [5, 5.41) is 0.996. The van der Waals surface area contributed by atoms with E-state index in [0.29, 0.717) is 12.0 Å². The number of rotatable bonds is 3. The van der Waals surface area contributed by atoms with Gasteiger partial charge in [0.15, 0.2) is 0 Å². The number of carbonyl (C=O) groups is 1. The fourth-order valence-electron chi connectivity index (χ4n) is 4.72. The second-order valence-corrected chi connectivity index (χ2v) is 8.02. The molecule has 0 saturated carbocycles. The molecule has 2 fully saturated rings. The van der Waals surface area contributed by atoms with Crippen LogP contribution in [0.3, 0.4) is 0 Å². The first-order valence-corrected chi connectivity index (χ1v) is 10.4. The number of pyridine rings is 1. The standard InChI is InChI=1S/C23H26N4O2/c28-23(20-4-1-5-21-19(20)6-9-25-21)27-10-7-18-16-29-12-11-26(22(18)15-27)14-17-3-2-8-24-13-17/h1-6,8-9,13,18,22,25H,7,10-12,14-16H2/t18-,22-/m1/s1. The Morgan fingerprint density at radius 1 is 1.21 bits per heavy atom. The maximum Gasteiger partial charge on any atom is 0.254 e. The van der Waals surface area contributed by atoms with Gasteiger partial charge in [-0.15, -0.1) is 0 Å². The molecule has 1 amide bonds. The average Bonchev–Trinajstić information content (AvgIpc) is 3.16. The summed E-state index contributed by atoms with van der Waals surface area (Å²) in [4.78, 5) is 25.4. The Morgan fingerprint density at radius 2 is 2.17 bits per heavy atom. The maximum absolute atomic E-state index is 13.4. The Labute approximate surface area is 170 Å². The van der Waals surface area contributed by atoms with Crippen LogP contribution in [0.4, 0.5) is 0 Å². The van der Waals surface area contributed by atoms with E-state index in [1.54, 1.807) is 6.20 Å². The maximum atomic E-state index is 13.4. The number of aromatic nitrogens is 2. The van der Waals surface area contributed by atoms with Crippen molar-refractivity contribution in [1.82, 2.24) is 19.8 Å². The van der Waals surface area contributed by atoms with E-state index in [0.717, 1.165) is 62.3 Å². The van der Waals surface area contributed by atoms with Crippen LogP contribution < -0.4 is 0 Å². The molecular formula is C23H26N4O2. The van der Waals surface area contributed by atoms with E-state index in [9.17, 15) is 4.79 Å². The molecule has 2 saturated heterocycles. The minimum Gasteiger partial charge on any atom is -0.380 e. The number of carbonyl (C=O) groups excluding carboxylic acids is 1. The molecule has 0 bridgehead atoms. The third kappa shape index (κ3) is 3.66. The summed E-state index contributed by atoms with van der Waals surface area (Å²) >= 11 is 0. The van der Waals surface area contributed by atoms with Crippen molar-refractivity contribution in [2.75, 3.05) is 32.8 Å². The van der Waals surface area contributed by atoms with Crippen molar-refractivity contribution in [2.24, 2.45) is 5.92 Å². The summed E-state index contributed by atoms with van der Waals surface area (Å²) in [5.41, 5.74) is 2.99. The van der Waals surface area contributed by atoms with E-state index >= 15 is 0 Å². The zero-order valence-corrected chi connectivity index (χ0v) is 16.5. The smallest absolute Gasteiger partial charge is 0.254 e. The van der Waals surface area contributed by atoms with E-state index in [-0.39, 0.29) is 5.91 Å². The molecule has 6 heteroatoms. The van der Waals surface area contributed by atoms with Crippen LogP contribution in [-0.2, 0) is 11.3 Å². The largest absolute Gasteiger partial charge is 0.380 e. The highest BCUT2D eigenvalue weighted by Gasteiger charge is 2.37. The van der Waals surface area contributed by atoms with Gasteiger partial charge in [0.25, 0.3) is 5.91 Å². The number of amides is 1. The molecule has 0 unspecified atom stereocenters. The van der Waals surface area contributed by atoms with Gasteiger partial charge in [0.1, 0.15) is 0 Å². The lowest BCUT2D eigenvalue weighted by Gasteiger charge is -2.42. The summed E-state index contributed by atoms with van der Waals surface area (Å²) in [7, 11) is 0. The topological polar surface area (TPSA) is 61.5 Å². The fraction of sp³-hybridized carbons (Fsp3) is 0.391. The van der Waals surface area contributed by atoms with Crippen LogP contribution in [0.15, 0.2) is 55.0 Å². The number of ether oxygens (including phenoxy) is 1. The predicted octanol–water partition coefficient (Wildman–Crippen LogP) is 2.93. The number of H-pyrrole nitrogens is 1. The minimum atomic E-state index is 0.125. The number of nitrogens with zero attached hydrogens (tertiary/aromatic N) is 3. The summed E-state index contributed by atoms with van der Waals surface area (Å²) in [5.74, 6) is 0.585. The molecule has 4 heterocycles. The van der Waals surface area contributed by atoms with Gasteiger partial charge in [-0.05, 0) is 36.2 Å². The fourth-order valence-corrected chi connectivity index (χ4v) is 4.72. The van der Waals surface area contributed by atoms with Gasteiger partial charge in [0.05, 0.1) is 13.2 Å². The number of piperidine rings is 1. The zero-order chi connectivity index (χ0) is 19.6. The summed E-state index contributed by atoms with van der Waals surface area (Å²) in [6, 6.07) is 12.3. The minimum absolute atomic E-state index is 0.125. The van der Waals surface area contributed by atoms with Crippen molar-refractivity contribution in [3.63, 3.8) is 0 Å². The number of nitrogens with one attached hydrogen (secondary N) is 1. The van der Waals surface area contributed by atoms with Gasteiger partial charge in [0, 0.05) is 73.2 Å². The van der Waals surface area contributed by atoms with Crippen LogP contribution in [0.5, 0.6) is 0 Å². The number of fused-ring (bicyclic) bond motifs is 2. The molecule has 2 aliphatic heterocycles. The van der Waals surface area contributed by atoms with Crippen LogP contribution in [0.1, 0.15) is 22.3 Å². The second kappa shape index (κ2) is 7.97. The highest BCUT2D eigenvalue weighted by atomic mass is 16.5. The Balaban J connectivity index is 1.38. The van der Waals surface area contributed by atoms with Crippen LogP contribution in [-0.4, -0.2) is 64.6 Å². The van der Waals surface area contributed by atoms with E-state index in [1.165, 1.54) is 5.56 Å². The SMILES string of the molecule is O=C(c1cccc2[nH]ccc12)N1CC[C@@H]2COCCN(Cc3cccnc3)[C@@H]2C1. The van der Waals surface area contributed by atoms with Gasteiger partial charge < -0.3 is 14.6 Å². The van der Waals surface area contributed by atoms with Crippen molar-refractivity contribution in [2.45, 2.75) is 19.0 Å². The summed E-state index contributed by atoms with van der Waals surface area (Å²) in [6.07, 6.45) is 6.61. The first-order chi connectivity index (χ1) is 14.3. The monoisotopic (exact) mass is 390 g/mol. The lowest BCUT2D eigenvalue weighted by atomic mass is 9.90. The first-order valence-electron chi connectivity index (χ1n) is 10.4. The molecule has 0 spiro atoms. The molecule has 6 nitrogen and oxygen atoms in total. The average molecular weight is 390 g/mol. The summed E-state index contributed by atoms with van der Waals surface area (Å²) < 4.78 is 5.89. The lowest BCUT2D eigenvalue weighted by Crippen LogP contribution is -2.54. The van der Waals surface area contributed by atoms with Crippen molar-refractivity contribution in [3.05, 3.63) is 66.1 Å². The van der Waals surface area contributed by atoms with Gasteiger partial charge in [-0.1, -0.05) is 12.1 Å². The van der Waals surface area contributed by atoms with E-state index < -0.39 is 0 Å². The predicted molar refractivity (Wildman–Crippen MR) is 112 cm³/mol. The second-order valence-electron chi connectivity index (χ2n) is 8.02. The molecule has 0 radical (unpaired) electrons. The molecule has 5 rings (SSSR count). The number of benzene rings is 1. The molecule has 2 aliphatic rings. The van der Waals surface area contributed by atoms with Gasteiger partial charge in [-0.25, -0.2) is 0 Å². The molecule has 3 aromatic rings. The molecule has 2 atom stereocenters. The lowest BCUT2D eigenvalue weighted by molar-refractivity contribution is 0.0372. The van der Waals surface area contributed by atoms with E-state index in [4.69, 9.17) is 4.74 Å². The molecule has 2 aromatic heterocycles. The van der Waals surface area contributed by atoms with Crippen molar-refractivity contribution < 1.29 is 9.53 Å². The third-order valence-corrected chi connectivity index (χ3v) is 6.27. The molecule has 1 aromatic carbocycles. The van der Waals surface area contributed by atoms with E-state index in [1.807, 2.05) is 47.6 Å². The van der Waals surface area contributed by atoms with Gasteiger partial charge in [-0.3, -0.25) is 14.7 Å². The molecule has 0 aliphatic carbocycles. The molecule has 1 N–H and O–H groups in total. The number of aromatic amines is 1. The highest BCUT2D eigenvalue weighted by molar-refractivity contribution is 6.06. The number of hydrogen-bond acceptors (Lipinski definition) is 4. The zero-order valence-electron chi connectivity index (χ0n) is 16.5. The normalized spacial score (nSPS) is 23.0. The van der Waals surface area contributed by atoms with Crippen molar-refractivity contribution in [3.8, 4) is 0 Å². The van der Waals surface area contributed by atoms with Gasteiger partial charge in [-0.2, -0.15) is 0 Å². The molecular weight excluding hydrogens is 364 g/mol. The van der Waals surface area contributed by atoms with Crippen LogP contribution in [0.2, 0.25) is 0 Å². The summed E-state index contributed by atoms with van der Waals surface area (Å²) in [6.45, 7) is 4.77. The number of hydrogen-bond donors (Lipinski definition) is 1. The third-order valence-electron chi connectivity index (χ3n) is 6.27. The van der Waals surface area contributed by atoms with E-state index in [2.05, 4.69) is 20.9 Å². The Hall–Kier alpha value is -2.70. The molecule has 29 heavy (non-hydrogen) atoms. The van der Waals surface area contributed by atoms with Gasteiger partial charge in [0.2, 0.25) is 0 Å². The van der Waals surface area contributed by atoms with Crippen LogP contribution >= 0.6 is 0 Å². The van der Waals surface area contributed by atoms with Crippen LogP contribution in [0, 0.1) is 5.92 Å².